The number of hydrogen-bond acceptors (Lipinski definition) is 3. The van der Waals surface area contributed by atoms with Gasteiger partial charge in [-0.2, -0.15) is 0 Å². The molecule has 2 aromatic carbocycles. The van der Waals surface area contributed by atoms with E-state index in [4.69, 9.17) is 12.2 Å². The maximum Gasteiger partial charge on any atom is 0.253 e. The molecule has 148 valence electrons. The molecular weight excluding hydrogens is 368 g/mol. The van der Waals surface area contributed by atoms with Crippen LogP contribution in [0.1, 0.15) is 28.8 Å². The van der Waals surface area contributed by atoms with Crippen molar-refractivity contribution < 1.29 is 4.79 Å². The lowest BCUT2D eigenvalue weighted by Crippen LogP contribution is -2.34. The largest absolute Gasteiger partial charge is 0.371 e. The number of amides is 1. The summed E-state index contributed by atoms with van der Waals surface area (Å²) in [5.41, 5.74) is 4.37. The Morgan fingerprint density at radius 1 is 1.14 bits per heavy atom. The summed E-state index contributed by atoms with van der Waals surface area (Å²) in [5.74, 6) is -0.00784. The smallest absolute Gasteiger partial charge is 0.253 e. The van der Waals surface area contributed by atoms with E-state index in [2.05, 4.69) is 39.8 Å². The first-order valence-electron chi connectivity index (χ1n) is 9.74. The zero-order valence-electron chi connectivity index (χ0n) is 16.6. The summed E-state index contributed by atoms with van der Waals surface area (Å²) in [7, 11) is 3.49. The van der Waals surface area contributed by atoms with E-state index in [0.29, 0.717) is 10.7 Å². The monoisotopic (exact) mass is 396 g/mol. The molecule has 28 heavy (non-hydrogen) atoms. The van der Waals surface area contributed by atoms with Gasteiger partial charge in [-0.1, -0.05) is 18.2 Å². The van der Waals surface area contributed by atoms with Gasteiger partial charge in [-0.15, -0.1) is 0 Å². The Bertz CT molecular complexity index is 820. The number of rotatable bonds is 6. The number of nitrogens with one attached hydrogen (secondary N) is 2. The van der Waals surface area contributed by atoms with Crippen molar-refractivity contribution in [3.63, 3.8) is 0 Å². The Labute approximate surface area is 172 Å². The number of fused-ring (bicyclic) bond motifs is 1. The fraction of sp³-hybridized carbons (Fsp3) is 0.364. The van der Waals surface area contributed by atoms with Crippen molar-refractivity contribution in [2.45, 2.75) is 19.3 Å². The van der Waals surface area contributed by atoms with Crippen LogP contribution in [-0.4, -0.2) is 49.6 Å². The summed E-state index contributed by atoms with van der Waals surface area (Å²) < 4.78 is 0. The van der Waals surface area contributed by atoms with Crippen LogP contribution in [0.25, 0.3) is 0 Å². The highest BCUT2D eigenvalue weighted by molar-refractivity contribution is 7.80. The summed E-state index contributed by atoms with van der Waals surface area (Å²) in [5, 5.41) is 7.04. The van der Waals surface area contributed by atoms with Crippen molar-refractivity contribution in [1.29, 1.82) is 0 Å². The fourth-order valence-corrected chi connectivity index (χ4v) is 3.67. The Hall–Kier alpha value is -2.60. The van der Waals surface area contributed by atoms with Crippen LogP contribution in [0, 0.1) is 0 Å². The molecule has 0 spiro atoms. The Morgan fingerprint density at radius 3 is 2.64 bits per heavy atom. The van der Waals surface area contributed by atoms with Gasteiger partial charge in [0.15, 0.2) is 5.11 Å². The normalized spacial score (nSPS) is 12.9. The first-order chi connectivity index (χ1) is 13.5. The topological polar surface area (TPSA) is 47.6 Å². The predicted molar refractivity (Wildman–Crippen MR) is 120 cm³/mol. The van der Waals surface area contributed by atoms with E-state index in [-0.39, 0.29) is 5.91 Å². The lowest BCUT2D eigenvalue weighted by atomic mass is 10.0. The van der Waals surface area contributed by atoms with E-state index < -0.39 is 0 Å². The van der Waals surface area contributed by atoms with Crippen LogP contribution < -0.4 is 15.5 Å². The molecule has 2 aromatic rings. The standard InChI is InChI=1S/C22H28N4OS/c1-25(2)21(27)18-10-12-19(13-11-18)24-22(28)23-14-6-16-26-15-5-8-17-7-3-4-9-20(17)26/h3-4,7,9-13H,5-6,8,14-16H2,1-2H3,(H2,23,24,28). The number of hydrogen-bond donors (Lipinski definition) is 2. The molecule has 0 bridgehead atoms. The zero-order chi connectivity index (χ0) is 19.9. The van der Waals surface area contributed by atoms with Gasteiger partial charge >= 0.3 is 0 Å². The van der Waals surface area contributed by atoms with Crippen LogP contribution in [0.5, 0.6) is 0 Å². The lowest BCUT2D eigenvalue weighted by Gasteiger charge is -2.31. The SMILES string of the molecule is CN(C)C(=O)c1ccc(NC(=S)NCCCN2CCCc3ccccc32)cc1. The molecule has 1 heterocycles. The van der Waals surface area contributed by atoms with Crippen molar-refractivity contribution in [2.75, 3.05) is 43.9 Å². The first-order valence-corrected chi connectivity index (χ1v) is 10.1. The molecule has 5 nitrogen and oxygen atoms in total. The second kappa shape index (κ2) is 9.55. The number of para-hydroxylation sites is 1. The highest BCUT2D eigenvalue weighted by Crippen LogP contribution is 2.26. The van der Waals surface area contributed by atoms with Crippen molar-refractivity contribution in [1.82, 2.24) is 10.2 Å². The molecule has 1 amide bonds. The van der Waals surface area contributed by atoms with Gasteiger partial charge in [-0.3, -0.25) is 4.79 Å². The van der Waals surface area contributed by atoms with E-state index in [1.165, 1.54) is 24.1 Å². The average molecular weight is 397 g/mol. The van der Waals surface area contributed by atoms with E-state index >= 15 is 0 Å². The number of aryl methyl sites for hydroxylation is 1. The summed E-state index contributed by atoms with van der Waals surface area (Å²) in [4.78, 5) is 16.0. The van der Waals surface area contributed by atoms with Crippen LogP contribution >= 0.6 is 12.2 Å². The molecule has 1 aliphatic heterocycles. The number of carbonyl (C=O) groups is 1. The predicted octanol–water partition coefficient (Wildman–Crippen LogP) is 3.52. The minimum absolute atomic E-state index is 0.00784. The second-order valence-corrected chi connectivity index (χ2v) is 7.64. The van der Waals surface area contributed by atoms with Crippen LogP contribution in [-0.2, 0) is 6.42 Å². The number of benzene rings is 2. The summed E-state index contributed by atoms with van der Waals surface area (Å²) in [6.45, 7) is 2.97. The second-order valence-electron chi connectivity index (χ2n) is 7.23. The molecule has 0 aliphatic carbocycles. The van der Waals surface area contributed by atoms with Crippen LogP contribution in [0.3, 0.4) is 0 Å². The molecule has 0 saturated heterocycles. The first kappa shape index (κ1) is 20.1. The van der Waals surface area contributed by atoms with Gasteiger partial charge in [0.25, 0.3) is 5.91 Å². The van der Waals surface area contributed by atoms with Gasteiger partial charge in [0.2, 0.25) is 0 Å². The third-order valence-corrected chi connectivity index (χ3v) is 5.14. The number of nitrogens with zero attached hydrogens (tertiary/aromatic N) is 2. The number of carbonyl (C=O) groups excluding carboxylic acids is 1. The third-order valence-electron chi connectivity index (χ3n) is 4.89. The molecule has 0 aromatic heterocycles. The molecule has 0 radical (unpaired) electrons. The highest BCUT2D eigenvalue weighted by Gasteiger charge is 2.15. The molecule has 0 atom stereocenters. The molecule has 1 aliphatic rings. The molecular formula is C22H28N4OS. The summed E-state index contributed by atoms with van der Waals surface area (Å²) in [6, 6.07) is 16.0. The minimum Gasteiger partial charge on any atom is -0.371 e. The average Bonchev–Trinajstić information content (AvgIpc) is 2.71. The van der Waals surface area contributed by atoms with Gasteiger partial charge < -0.3 is 20.4 Å². The van der Waals surface area contributed by atoms with E-state index in [1.807, 2.05) is 12.1 Å². The van der Waals surface area contributed by atoms with Crippen LogP contribution in [0.15, 0.2) is 48.5 Å². The molecule has 0 fully saturated rings. The summed E-state index contributed by atoms with van der Waals surface area (Å²) >= 11 is 5.38. The van der Waals surface area contributed by atoms with Gasteiger partial charge in [-0.25, -0.2) is 0 Å². The van der Waals surface area contributed by atoms with Crippen molar-refractivity contribution >= 4 is 34.6 Å². The van der Waals surface area contributed by atoms with E-state index in [0.717, 1.165) is 31.7 Å². The summed E-state index contributed by atoms with van der Waals surface area (Å²) in [6.07, 6.45) is 3.42. The fourth-order valence-electron chi connectivity index (χ4n) is 3.45. The van der Waals surface area contributed by atoms with Crippen molar-refractivity contribution in [3.05, 3.63) is 59.7 Å². The molecule has 0 saturated carbocycles. The number of thiocarbonyl (C=S) groups is 1. The van der Waals surface area contributed by atoms with Gasteiger partial charge in [0.1, 0.15) is 0 Å². The Kier molecular flexibility index (Phi) is 6.87. The molecule has 0 unspecified atom stereocenters. The highest BCUT2D eigenvalue weighted by atomic mass is 32.1. The zero-order valence-corrected chi connectivity index (χ0v) is 17.4. The molecule has 2 N–H and O–H groups in total. The van der Waals surface area contributed by atoms with E-state index in [9.17, 15) is 4.79 Å². The Morgan fingerprint density at radius 2 is 1.89 bits per heavy atom. The third kappa shape index (κ3) is 5.23. The van der Waals surface area contributed by atoms with Gasteiger partial charge in [-0.05, 0) is 67.4 Å². The quantitative estimate of drug-likeness (QED) is 0.578. The van der Waals surface area contributed by atoms with Crippen molar-refractivity contribution in [2.24, 2.45) is 0 Å². The Balaban J connectivity index is 1.41. The van der Waals surface area contributed by atoms with Crippen molar-refractivity contribution in [3.8, 4) is 0 Å². The van der Waals surface area contributed by atoms with Crippen LogP contribution in [0.4, 0.5) is 11.4 Å². The number of anilines is 2. The van der Waals surface area contributed by atoms with Crippen LogP contribution in [0.2, 0.25) is 0 Å². The minimum atomic E-state index is -0.00784. The molecule has 3 rings (SSSR count). The molecule has 6 heteroatoms. The van der Waals surface area contributed by atoms with Gasteiger partial charge in [0, 0.05) is 50.7 Å². The van der Waals surface area contributed by atoms with Gasteiger partial charge in [0.05, 0.1) is 0 Å². The maximum atomic E-state index is 11.9. The van der Waals surface area contributed by atoms with E-state index in [1.54, 1.807) is 31.1 Å². The lowest BCUT2D eigenvalue weighted by molar-refractivity contribution is 0.0827. The maximum absolute atomic E-state index is 11.9.